The number of amides is 2. The Morgan fingerprint density at radius 3 is 2.58 bits per heavy atom. The molecular weight excluding hydrogens is 327 g/mol. The van der Waals surface area contributed by atoms with Crippen molar-refractivity contribution >= 4 is 23.5 Å². The first-order chi connectivity index (χ1) is 11.6. The zero-order valence-corrected chi connectivity index (χ0v) is 14.3. The van der Waals surface area contributed by atoms with Crippen LogP contribution in [-0.2, 0) is 6.42 Å². The Morgan fingerprint density at radius 2 is 1.92 bits per heavy atom. The van der Waals surface area contributed by atoms with Gasteiger partial charge in [0.1, 0.15) is 5.82 Å². The van der Waals surface area contributed by atoms with Crippen molar-refractivity contribution < 1.29 is 14.3 Å². The second kappa shape index (κ2) is 9.30. The lowest BCUT2D eigenvalue weighted by molar-refractivity contribution is 0.170. The van der Waals surface area contributed by atoms with Crippen LogP contribution in [0.3, 0.4) is 0 Å². The lowest BCUT2D eigenvalue weighted by atomic mass is 10.1. The number of benzene rings is 2. The lowest BCUT2D eigenvalue weighted by Crippen LogP contribution is -2.32. The number of rotatable bonds is 7. The van der Waals surface area contributed by atoms with E-state index in [0.717, 1.165) is 12.2 Å². The second-order valence-electron chi connectivity index (χ2n) is 5.31. The average Bonchev–Trinajstić information content (AvgIpc) is 2.59. The molecule has 0 bridgehead atoms. The van der Waals surface area contributed by atoms with E-state index in [4.69, 9.17) is 0 Å². The third kappa shape index (κ3) is 5.54. The highest BCUT2D eigenvalue weighted by Gasteiger charge is 2.13. The highest BCUT2D eigenvalue weighted by Crippen LogP contribution is 2.16. The van der Waals surface area contributed by atoms with Crippen LogP contribution in [-0.4, -0.2) is 29.7 Å². The summed E-state index contributed by atoms with van der Waals surface area (Å²) in [7, 11) is 0. The van der Waals surface area contributed by atoms with Crippen molar-refractivity contribution in [2.24, 2.45) is 0 Å². The van der Waals surface area contributed by atoms with Crippen molar-refractivity contribution in [3.05, 3.63) is 65.5 Å². The normalized spacial score (nSPS) is 11.8. The number of carbonyl (C=O) groups is 1. The molecule has 4 nitrogen and oxygen atoms in total. The van der Waals surface area contributed by atoms with Crippen molar-refractivity contribution in [2.75, 3.05) is 23.9 Å². The van der Waals surface area contributed by atoms with Gasteiger partial charge in [-0.3, -0.25) is 0 Å². The molecule has 2 rings (SSSR count). The van der Waals surface area contributed by atoms with Gasteiger partial charge in [-0.15, -0.1) is 0 Å². The Hall–Kier alpha value is -2.05. The maximum Gasteiger partial charge on any atom is 0.319 e. The Kier molecular flexibility index (Phi) is 7.08. The molecule has 0 fully saturated rings. The van der Waals surface area contributed by atoms with E-state index in [1.54, 1.807) is 23.9 Å². The van der Waals surface area contributed by atoms with Crippen molar-refractivity contribution in [1.82, 2.24) is 5.32 Å². The minimum atomic E-state index is -1.09. The number of aliphatic hydroxyl groups excluding tert-OH is 1. The summed E-state index contributed by atoms with van der Waals surface area (Å²) < 4.78 is 13.5. The fourth-order valence-electron chi connectivity index (χ4n) is 2.19. The summed E-state index contributed by atoms with van der Waals surface area (Å²) in [6.45, 7) is -0.0709. The average molecular weight is 348 g/mol. The molecule has 0 aliphatic heterocycles. The fraction of sp³-hybridized carbons (Fsp3) is 0.278. The van der Waals surface area contributed by atoms with Crippen molar-refractivity contribution in [3.63, 3.8) is 0 Å². The van der Waals surface area contributed by atoms with Gasteiger partial charge in [0.2, 0.25) is 0 Å². The van der Waals surface area contributed by atoms with Crippen LogP contribution in [0.15, 0.2) is 48.5 Å². The first-order valence-electron chi connectivity index (χ1n) is 7.65. The van der Waals surface area contributed by atoms with Crippen LogP contribution < -0.4 is 10.6 Å². The molecule has 1 unspecified atom stereocenters. The van der Waals surface area contributed by atoms with Gasteiger partial charge in [0, 0.05) is 17.8 Å². The number of urea groups is 1. The molecule has 1 atom stereocenters. The van der Waals surface area contributed by atoms with Gasteiger partial charge in [-0.05, 0) is 42.2 Å². The Bertz CT molecular complexity index is 664. The lowest BCUT2D eigenvalue weighted by Gasteiger charge is -2.13. The summed E-state index contributed by atoms with van der Waals surface area (Å²) in [6.07, 6.45) is 1.96. The molecule has 0 saturated carbocycles. The Balaban J connectivity index is 1.81. The number of hydrogen-bond donors (Lipinski definition) is 3. The number of thioether (sulfide) groups is 1. The van der Waals surface area contributed by atoms with E-state index >= 15 is 0 Å². The van der Waals surface area contributed by atoms with Crippen LogP contribution in [0.25, 0.3) is 0 Å². The highest BCUT2D eigenvalue weighted by molar-refractivity contribution is 7.98. The second-order valence-corrected chi connectivity index (χ2v) is 6.30. The van der Waals surface area contributed by atoms with Gasteiger partial charge in [-0.2, -0.15) is 11.8 Å². The summed E-state index contributed by atoms with van der Waals surface area (Å²) in [5.74, 6) is 0.564. The van der Waals surface area contributed by atoms with E-state index in [0.29, 0.717) is 5.69 Å². The number of nitrogens with one attached hydrogen (secondary N) is 2. The van der Waals surface area contributed by atoms with Crippen LogP contribution in [0.5, 0.6) is 0 Å². The predicted molar refractivity (Wildman–Crippen MR) is 96.9 cm³/mol. The molecule has 0 radical (unpaired) electrons. The highest BCUT2D eigenvalue weighted by atomic mass is 32.2. The number of carbonyl (C=O) groups excluding carboxylic acids is 1. The summed E-state index contributed by atoms with van der Waals surface area (Å²) in [6, 6.07) is 13.1. The Labute approximate surface area is 145 Å². The van der Waals surface area contributed by atoms with Gasteiger partial charge < -0.3 is 15.7 Å². The minimum Gasteiger partial charge on any atom is -0.386 e. The van der Waals surface area contributed by atoms with E-state index in [-0.39, 0.29) is 12.1 Å². The first-order valence-corrected chi connectivity index (χ1v) is 9.04. The molecule has 0 aromatic heterocycles. The molecule has 2 amide bonds. The summed E-state index contributed by atoms with van der Waals surface area (Å²) in [4.78, 5) is 11.9. The predicted octanol–water partition coefficient (Wildman–Crippen LogP) is 3.59. The maximum atomic E-state index is 13.5. The monoisotopic (exact) mass is 348 g/mol. The van der Waals surface area contributed by atoms with E-state index in [9.17, 15) is 14.3 Å². The van der Waals surface area contributed by atoms with Crippen LogP contribution in [0, 0.1) is 5.82 Å². The van der Waals surface area contributed by atoms with Gasteiger partial charge in [0.25, 0.3) is 0 Å². The topological polar surface area (TPSA) is 61.4 Å². The first kappa shape index (κ1) is 18.3. The van der Waals surface area contributed by atoms with Crippen molar-refractivity contribution in [3.8, 4) is 0 Å². The third-order valence-electron chi connectivity index (χ3n) is 3.53. The van der Waals surface area contributed by atoms with Crippen LogP contribution in [0.4, 0.5) is 14.9 Å². The van der Waals surface area contributed by atoms with Crippen LogP contribution in [0.1, 0.15) is 17.2 Å². The number of aryl methyl sites for hydroxylation is 1. The molecule has 2 aromatic carbocycles. The molecule has 0 aliphatic rings. The van der Waals surface area contributed by atoms with Crippen molar-refractivity contribution in [2.45, 2.75) is 12.5 Å². The molecule has 24 heavy (non-hydrogen) atoms. The van der Waals surface area contributed by atoms with Gasteiger partial charge in [0.15, 0.2) is 0 Å². The van der Waals surface area contributed by atoms with Gasteiger partial charge >= 0.3 is 6.03 Å². The summed E-state index contributed by atoms with van der Waals surface area (Å²) in [5, 5.41) is 15.2. The van der Waals surface area contributed by atoms with E-state index in [1.165, 1.54) is 17.7 Å². The van der Waals surface area contributed by atoms with E-state index < -0.39 is 18.0 Å². The van der Waals surface area contributed by atoms with Gasteiger partial charge in [-0.1, -0.05) is 30.3 Å². The standard InChI is InChI=1S/C18H21FN2O2S/c1-24-11-10-13-6-8-14(9-7-13)21-18(23)20-12-17(22)15-4-2-3-5-16(15)19/h2-9,17,22H,10-12H2,1H3,(H2,20,21,23). The summed E-state index contributed by atoms with van der Waals surface area (Å²) >= 11 is 1.79. The van der Waals surface area contributed by atoms with E-state index in [2.05, 4.69) is 16.9 Å². The number of hydrogen-bond acceptors (Lipinski definition) is 3. The SMILES string of the molecule is CSCCc1ccc(NC(=O)NCC(O)c2ccccc2F)cc1. The quantitative estimate of drug-likeness (QED) is 0.717. The Morgan fingerprint density at radius 1 is 1.21 bits per heavy atom. The van der Waals surface area contributed by atoms with Crippen LogP contribution in [0.2, 0.25) is 0 Å². The zero-order valence-electron chi connectivity index (χ0n) is 13.5. The minimum absolute atomic E-state index is 0.0709. The molecular formula is C18H21FN2O2S. The summed E-state index contributed by atoms with van der Waals surface area (Å²) in [5.41, 5.74) is 2.04. The molecule has 3 N–H and O–H groups in total. The zero-order chi connectivity index (χ0) is 17.4. The molecule has 0 saturated heterocycles. The van der Waals surface area contributed by atoms with Crippen LogP contribution >= 0.6 is 11.8 Å². The molecule has 2 aromatic rings. The third-order valence-corrected chi connectivity index (χ3v) is 4.14. The van der Waals surface area contributed by atoms with E-state index in [1.807, 2.05) is 24.3 Å². The number of anilines is 1. The molecule has 0 aliphatic carbocycles. The largest absolute Gasteiger partial charge is 0.386 e. The van der Waals surface area contributed by atoms with Crippen molar-refractivity contribution in [1.29, 1.82) is 0 Å². The van der Waals surface area contributed by atoms with Gasteiger partial charge in [0.05, 0.1) is 6.10 Å². The number of aliphatic hydroxyl groups is 1. The maximum absolute atomic E-state index is 13.5. The molecule has 0 spiro atoms. The van der Waals surface area contributed by atoms with Gasteiger partial charge in [-0.25, -0.2) is 9.18 Å². The fourth-order valence-corrected chi connectivity index (χ4v) is 2.63. The molecule has 0 heterocycles. The number of halogens is 1. The molecule has 6 heteroatoms. The smallest absolute Gasteiger partial charge is 0.319 e. The molecule has 128 valence electrons.